The van der Waals surface area contributed by atoms with Crippen molar-refractivity contribution in [2.75, 3.05) is 0 Å². The molecule has 3 aliphatic carbocycles. The van der Waals surface area contributed by atoms with E-state index < -0.39 is 0 Å². The van der Waals surface area contributed by atoms with Crippen molar-refractivity contribution in [1.29, 1.82) is 0 Å². The molecule has 3 heterocycles. The summed E-state index contributed by atoms with van der Waals surface area (Å²) in [7, 11) is 0. The molecule has 0 bridgehead atoms. The summed E-state index contributed by atoms with van der Waals surface area (Å²) in [6, 6.07) is 49.2. The van der Waals surface area contributed by atoms with Crippen LogP contribution in [0.25, 0.3) is 94.1 Å². The number of hydrogen-bond acceptors (Lipinski definition) is 3. The number of fused-ring (bicyclic) bond motifs is 14. The van der Waals surface area contributed by atoms with Crippen molar-refractivity contribution >= 4 is 77.4 Å². The highest BCUT2D eigenvalue weighted by Crippen LogP contribution is 2.43. The first-order valence-electron chi connectivity index (χ1n) is 22.0. The van der Waals surface area contributed by atoms with E-state index in [1.807, 2.05) is 0 Å². The molecule has 0 spiro atoms. The first-order chi connectivity index (χ1) is 30.7. The Labute approximate surface area is 360 Å². The highest BCUT2D eigenvalue weighted by Gasteiger charge is 2.29. The third-order valence-electron chi connectivity index (χ3n) is 13.7. The second kappa shape index (κ2) is 14.0. The van der Waals surface area contributed by atoms with Gasteiger partial charge in [0.15, 0.2) is 0 Å². The molecule has 9 aromatic rings. The van der Waals surface area contributed by atoms with Crippen molar-refractivity contribution < 1.29 is 0 Å². The Morgan fingerprint density at radius 2 is 1.23 bits per heavy atom. The molecule has 0 fully saturated rings. The van der Waals surface area contributed by atoms with Crippen LogP contribution in [0.2, 0.25) is 0 Å². The van der Waals surface area contributed by atoms with Crippen LogP contribution in [-0.2, 0) is 6.42 Å². The van der Waals surface area contributed by atoms with Crippen LogP contribution in [0.4, 0.5) is 0 Å². The Morgan fingerprint density at radius 3 is 2.05 bits per heavy atom. The Balaban J connectivity index is 0.828. The van der Waals surface area contributed by atoms with Gasteiger partial charge in [0.05, 0.1) is 28.3 Å². The summed E-state index contributed by atoms with van der Waals surface area (Å²) in [6.45, 7) is 0. The van der Waals surface area contributed by atoms with Crippen molar-refractivity contribution in [3.8, 4) is 22.4 Å². The predicted octanol–water partition coefficient (Wildman–Crippen LogP) is 15.0. The van der Waals surface area contributed by atoms with E-state index >= 15 is 0 Å². The van der Waals surface area contributed by atoms with Crippen LogP contribution in [-0.4, -0.2) is 15.7 Å². The molecule has 0 amide bonds. The fourth-order valence-corrected chi connectivity index (χ4v) is 10.6. The fourth-order valence-electron chi connectivity index (χ4n) is 10.6. The molecule has 292 valence electrons. The molecule has 13 rings (SSSR count). The lowest BCUT2D eigenvalue weighted by Crippen LogP contribution is -2.19. The maximum absolute atomic E-state index is 5.51. The standard InChI is InChI=1S/C59H41N3/c1-2-10-37(11-3-1)53-32-28-39-22-23-40-29-33-54(61-58(40)57(39)60-53)44-27-31-46-43(35-44)25-24-42-34-41(26-30-45(42)46)36-18-20-38(21-19-36)56-52-17-9-7-15-50(52)55-49-14-6-4-12-47(49)48-13-5-8-16-51(48)59(55)62-56/h1-2,5-10,13-35,40,58H,3-4,11-12H2. The van der Waals surface area contributed by atoms with Crippen molar-refractivity contribution in [1.82, 2.24) is 9.97 Å². The van der Waals surface area contributed by atoms with E-state index in [1.54, 1.807) is 0 Å². The van der Waals surface area contributed by atoms with Crippen LogP contribution in [0.1, 0.15) is 58.9 Å². The van der Waals surface area contributed by atoms with Crippen LogP contribution in [0.15, 0.2) is 181 Å². The second-order valence-electron chi connectivity index (χ2n) is 17.2. The number of benzene rings is 7. The van der Waals surface area contributed by atoms with E-state index in [0.717, 1.165) is 65.1 Å². The Morgan fingerprint density at radius 1 is 0.516 bits per heavy atom. The molecule has 0 saturated carbocycles. The van der Waals surface area contributed by atoms with Gasteiger partial charge in [0.2, 0.25) is 0 Å². The largest absolute Gasteiger partial charge is 0.274 e. The number of hydrogen-bond donors (Lipinski definition) is 0. The number of dihydropyridines is 1. The van der Waals surface area contributed by atoms with Gasteiger partial charge in [-0.15, -0.1) is 0 Å². The molecule has 7 aromatic carbocycles. The summed E-state index contributed by atoms with van der Waals surface area (Å²) in [5.74, 6) is 0.211. The summed E-state index contributed by atoms with van der Waals surface area (Å²) < 4.78 is 0. The van der Waals surface area contributed by atoms with Gasteiger partial charge in [-0.05, 0) is 116 Å². The monoisotopic (exact) mass is 791 g/mol. The number of aliphatic imine (C=N–C) groups is 1. The highest BCUT2D eigenvalue weighted by atomic mass is 14.9. The molecule has 2 unspecified atom stereocenters. The summed E-state index contributed by atoms with van der Waals surface area (Å²) in [5.41, 5.74) is 15.2. The van der Waals surface area contributed by atoms with Crippen LogP contribution < -0.4 is 0 Å². The van der Waals surface area contributed by atoms with Crippen molar-refractivity contribution in [2.24, 2.45) is 10.9 Å². The van der Waals surface area contributed by atoms with E-state index in [-0.39, 0.29) is 12.0 Å². The van der Waals surface area contributed by atoms with E-state index in [4.69, 9.17) is 15.0 Å². The topological polar surface area (TPSA) is 38.1 Å². The van der Waals surface area contributed by atoms with Gasteiger partial charge in [0, 0.05) is 33.2 Å². The van der Waals surface area contributed by atoms with E-state index in [0.29, 0.717) is 0 Å². The minimum absolute atomic E-state index is 0.0270. The second-order valence-corrected chi connectivity index (χ2v) is 17.2. The average molecular weight is 792 g/mol. The third kappa shape index (κ3) is 5.62. The molecule has 1 aliphatic heterocycles. The minimum atomic E-state index is -0.0270. The summed E-state index contributed by atoms with van der Waals surface area (Å²) in [6.07, 6.45) is 24.4. The molecule has 62 heavy (non-hydrogen) atoms. The van der Waals surface area contributed by atoms with Crippen LogP contribution >= 0.6 is 0 Å². The maximum atomic E-state index is 5.51. The first-order valence-corrected chi connectivity index (χ1v) is 22.0. The molecule has 4 aliphatic rings. The highest BCUT2D eigenvalue weighted by molar-refractivity contribution is 6.22. The van der Waals surface area contributed by atoms with Gasteiger partial charge in [-0.2, -0.15) is 0 Å². The zero-order valence-electron chi connectivity index (χ0n) is 34.2. The van der Waals surface area contributed by atoms with Crippen LogP contribution in [0.3, 0.4) is 0 Å². The lowest BCUT2D eigenvalue weighted by Gasteiger charge is -2.28. The molecule has 0 saturated heterocycles. The summed E-state index contributed by atoms with van der Waals surface area (Å²) >= 11 is 0. The van der Waals surface area contributed by atoms with Gasteiger partial charge in [0.1, 0.15) is 6.04 Å². The number of pyridine rings is 2. The number of nitrogens with zero attached hydrogens (tertiary/aromatic N) is 3. The number of aromatic nitrogens is 2. The molecule has 3 nitrogen and oxygen atoms in total. The molecular weight excluding hydrogens is 751 g/mol. The minimum Gasteiger partial charge on any atom is -0.274 e. The lowest BCUT2D eigenvalue weighted by atomic mass is 9.85. The van der Waals surface area contributed by atoms with Crippen LogP contribution in [0, 0.1) is 5.92 Å². The van der Waals surface area contributed by atoms with Gasteiger partial charge in [0.25, 0.3) is 0 Å². The normalized spacial score (nSPS) is 17.7. The zero-order valence-corrected chi connectivity index (χ0v) is 34.2. The van der Waals surface area contributed by atoms with E-state index in [1.165, 1.54) is 81.9 Å². The van der Waals surface area contributed by atoms with Gasteiger partial charge in [-0.1, -0.05) is 164 Å². The smallest absolute Gasteiger partial charge is 0.103 e. The molecule has 0 radical (unpaired) electrons. The Kier molecular flexibility index (Phi) is 7.99. The van der Waals surface area contributed by atoms with E-state index in [9.17, 15) is 0 Å². The van der Waals surface area contributed by atoms with Crippen molar-refractivity contribution in [2.45, 2.75) is 31.7 Å². The molecule has 0 N–H and O–H groups in total. The van der Waals surface area contributed by atoms with Gasteiger partial charge >= 0.3 is 0 Å². The van der Waals surface area contributed by atoms with Crippen molar-refractivity contribution in [3.63, 3.8) is 0 Å². The number of rotatable bonds is 4. The molecule has 2 aromatic heterocycles. The van der Waals surface area contributed by atoms with Crippen molar-refractivity contribution in [3.05, 3.63) is 210 Å². The average Bonchev–Trinajstić information content (AvgIpc) is 3.35. The zero-order chi connectivity index (χ0) is 40.7. The predicted molar refractivity (Wildman–Crippen MR) is 262 cm³/mol. The summed E-state index contributed by atoms with van der Waals surface area (Å²) in [4.78, 5) is 16.1. The van der Waals surface area contributed by atoms with Crippen LogP contribution in [0.5, 0.6) is 0 Å². The molecule has 3 heteroatoms. The molecular formula is C59H41N3. The molecule has 2 atom stereocenters. The quantitative estimate of drug-likeness (QED) is 0.167. The van der Waals surface area contributed by atoms with E-state index in [2.05, 4.69) is 188 Å². The fraction of sp³-hybridized carbons (Fsp3) is 0.102. The number of aryl methyl sites for hydroxylation is 1. The Bertz CT molecular complexity index is 3580. The van der Waals surface area contributed by atoms with Gasteiger partial charge in [-0.25, -0.2) is 4.98 Å². The Hall–Kier alpha value is -7.49. The van der Waals surface area contributed by atoms with Gasteiger partial charge < -0.3 is 0 Å². The third-order valence-corrected chi connectivity index (χ3v) is 13.7. The van der Waals surface area contributed by atoms with Gasteiger partial charge in [-0.3, -0.25) is 9.98 Å². The lowest BCUT2D eigenvalue weighted by molar-refractivity contribution is 0.590. The maximum Gasteiger partial charge on any atom is 0.103 e. The summed E-state index contributed by atoms with van der Waals surface area (Å²) in [5, 5.41) is 11.2. The first kappa shape index (κ1) is 35.3. The SMILES string of the molecule is C1=CCCC(c2ccc3c(n2)C2N=C(c4ccc5c(ccc6cc(-c7ccc(-c8nc9c%10ccccc%10c%10c(c9c9ccccc89)C=CCC%10)cc7)ccc65)c4)C=CC2C=C3)=C1. The number of allylic oxidation sites excluding steroid dienone is 6.